The van der Waals surface area contributed by atoms with Gasteiger partial charge in [0.15, 0.2) is 6.61 Å². The normalized spacial score (nSPS) is 11.6. The van der Waals surface area contributed by atoms with Gasteiger partial charge in [0, 0.05) is 5.56 Å². The fourth-order valence-corrected chi connectivity index (χ4v) is 3.44. The molecule has 2 aromatic rings. The van der Waals surface area contributed by atoms with Crippen LogP contribution in [0.5, 0.6) is 5.75 Å². The Morgan fingerprint density at radius 2 is 1.72 bits per heavy atom. The highest BCUT2D eigenvalue weighted by Gasteiger charge is 2.27. The van der Waals surface area contributed by atoms with E-state index in [1.54, 1.807) is 44.2 Å². The minimum atomic E-state index is -0.911. The van der Waals surface area contributed by atoms with Gasteiger partial charge in [-0.05, 0) is 68.1 Å². The van der Waals surface area contributed by atoms with Crippen LogP contribution in [0.15, 0.2) is 36.4 Å². The predicted octanol–water partition coefficient (Wildman–Crippen LogP) is 4.29. The predicted molar refractivity (Wildman–Crippen MR) is 124 cm³/mol. The lowest BCUT2D eigenvalue weighted by Gasteiger charge is -2.21. The van der Waals surface area contributed by atoms with Gasteiger partial charge in [0.05, 0.1) is 17.3 Å². The number of hydrogen-bond acceptors (Lipinski definition) is 5. The van der Waals surface area contributed by atoms with Crippen molar-refractivity contribution in [3.63, 3.8) is 0 Å². The maximum Gasteiger partial charge on any atom is 0.329 e. The molecule has 32 heavy (non-hydrogen) atoms. The van der Waals surface area contributed by atoms with Crippen molar-refractivity contribution in [1.82, 2.24) is 5.32 Å². The van der Waals surface area contributed by atoms with Gasteiger partial charge in [-0.2, -0.15) is 0 Å². The Kier molecular flexibility index (Phi) is 9.08. The molecule has 2 aromatic carbocycles. The van der Waals surface area contributed by atoms with Crippen molar-refractivity contribution >= 4 is 35.1 Å². The first kappa shape index (κ1) is 25.2. The second kappa shape index (κ2) is 11.5. The SMILES string of the molecule is CCOc1ccc(C(=O)NC(C(=O)OCC(=O)Nc2c(C)cc(C)cc2Cl)C(C)C)cc1. The topological polar surface area (TPSA) is 93.7 Å². The summed E-state index contributed by atoms with van der Waals surface area (Å²) in [4.78, 5) is 37.4. The van der Waals surface area contributed by atoms with Gasteiger partial charge in [-0.3, -0.25) is 9.59 Å². The van der Waals surface area contributed by atoms with Crippen molar-refractivity contribution in [3.8, 4) is 5.75 Å². The van der Waals surface area contributed by atoms with Gasteiger partial charge in [0.25, 0.3) is 11.8 Å². The zero-order valence-corrected chi connectivity index (χ0v) is 19.7. The maximum atomic E-state index is 12.6. The molecule has 1 unspecified atom stereocenters. The summed E-state index contributed by atoms with van der Waals surface area (Å²) < 4.78 is 10.5. The van der Waals surface area contributed by atoms with Crippen LogP contribution in [0.2, 0.25) is 5.02 Å². The van der Waals surface area contributed by atoms with Crippen molar-refractivity contribution in [2.24, 2.45) is 5.92 Å². The van der Waals surface area contributed by atoms with Crippen LogP contribution in [-0.2, 0) is 14.3 Å². The Hall–Kier alpha value is -3.06. The van der Waals surface area contributed by atoms with Gasteiger partial charge in [-0.1, -0.05) is 31.5 Å². The lowest BCUT2D eigenvalue weighted by atomic mass is 10.0. The summed E-state index contributed by atoms with van der Waals surface area (Å²) in [7, 11) is 0. The van der Waals surface area contributed by atoms with Crippen molar-refractivity contribution in [2.75, 3.05) is 18.5 Å². The van der Waals surface area contributed by atoms with Crippen LogP contribution >= 0.6 is 11.6 Å². The van der Waals surface area contributed by atoms with E-state index in [0.717, 1.165) is 11.1 Å². The number of ether oxygens (including phenoxy) is 2. The van der Waals surface area contributed by atoms with E-state index in [0.29, 0.717) is 28.6 Å². The standard InChI is InChI=1S/C24H29ClN2O5/c1-6-31-18-9-7-17(8-10-18)23(29)27-21(14(2)3)24(30)32-13-20(28)26-22-16(5)11-15(4)12-19(22)25/h7-12,14,21H,6,13H2,1-5H3,(H,26,28)(H,27,29). The first-order chi connectivity index (χ1) is 15.1. The van der Waals surface area contributed by atoms with Crippen LogP contribution in [0, 0.1) is 19.8 Å². The van der Waals surface area contributed by atoms with E-state index in [2.05, 4.69) is 10.6 Å². The Morgan fingerprint density at radius 1 is 1.06 bits per heavy atom. The number of carbonyl (C=O) groups is 3. The molecule has 0 saturated heterocycles. The summed E-state index contributed by atoms with van der Waals surface area (Å²) >= 11 is 6.20. The lowest BCUT2D eigenvalue weighted by molar-refractivity contribution is -0.150. The van der Waals surface area contributed by atoms with E-state index in [4.69, 9.17) is 21.1 Å². The van der Waals surface area contributed by atoms with Gasteiger partial charge in [0.1, 0.15) is 11.8 Å². The molecule has 2 N–H and O–H groups in total. The number of aryl methyl sites for hydroxylation is 2. The van der Waals surface area contributed by atoms with E-state index in [1.165, 1.54) is 0 Å². The number of rotatable bonds is 9. The summed E-state index contributed by atoms with van der Waals surface area (Å²) in [6.45, 7) is 9.18. The highest BCUT2D eigenvalue weighted by Crippen LogP contribution is 2.27. The van der Waals surface area contributed by atoms with E-state index in [-0.39, 0.29) is 5.92 Å². The number of nitrogens with one attached hydrogen (secondary N) is 2. The molecule has 8 heteroatoms. The fraction of sp³-hybridized carbons (Fsp3) is 0.375. The molecule has 2 amide bonds. The molecule has 0 fully saturated rings. The highest BCUT2D eigenvalue weighted by molar-refractivity contribution is 6.34. The van der Waals surface area contributed by atoms with Gasteiger partial charge in [-0.25, -0.2) is 4.79 Å². The fourth-order valence-electron chi connectivity index (χ4n) is 3.07. The highest BCUT2D eigenvalue weighted by atomic mass is 35.5. The molecule has 172 valence electrons. The smallest absolute Gasteiger partial charge is 0.329 e. The van der Waals surface area contributed by atoms with Crippen LogP contribution in [-0.4, -0.2) is 37.0 Å². The average molecular weight is 461 g/mol. The third-order valence-corrected chi connectivity index (χ3v) is 4.97. The quantitative estimate of drug-likeness (QED) is 0.544. The van der Waals surface area contributed by atoms with E-state index >= 15 is 0 Å². The maximum absolute atomic E-state index is 12.6. The molecule has 0 saturated carbocycles. The molecular weight excluding hydrogens is 432 g/mol. The number of esters is 1. The van der Waals surface area contributed by atoms with Crippen LogP contribution < -0.4 is 15.4 Å². The molecule has 0 aromatic heterocycles. The second-order valence-electron chi connectivity index (χ2n) is 7.75. The Balaban J connectivity index is 1.96. The second-order valence-corrected chi connectivity index (χ2v) is 8.15. The number of hydrogen-bond donors (Lipinski definition) is 2. The van der Waals surface area contributed by atoms with Gasteiger partial charge in [0.2, 0.25) is 0 Å². The van der Waals surface area contributed by atoms with Crippen LogP contribution in [0.3, 0.4) is 0 Å². The Morgan fingerprint density at radius 3 is 2.28 bits per heavy atom. The van der Waals surface area contributed by atoms with Gasteiger partial charge >= 0.3 is 5.97 Å². The molecular formula is C24H29ClN2O5. The summed E-state index contributed by atoms with van der Waals surface area (Å²) in [5.74, 6) is -1.23. The summed E-state index contributed by atoms with van der Waals surface area (Å²) in [5.41, 5.74) is 2.63. The molecule has 0 aliphatic heterocycles. The minimum Gasteiger partial charge on any atom is -0.494 e. The number of benzene rings is 2. The number of halogens is 1. The molecule has 1 atom stereocenters. The number of carbonyl (C=O) groups excluding carboxylic acids is 3. The third kappa shape index (κ3) is 6.99. The molecule has 0 heterocycles. The zero-order valence-electron chi connectivity index (χ0n) is 19.0. The zero-order chi connectivity index (χ0) is 23.8. The first-order valence-corrected chi connectivity index (χ1v) is 10.8. The van der Waals surface area contributed by atoms with Crippen molar-refractivity contribution in [3.05, 3.63) is 58.1 Å². The molecule has 0 spiro atoms. The largest absolute Gasteiger partial charge is 0.494 e. The van der Waals surface area contributed by atoms with Crippen molar-refractivity contribution < 1.29 is 23.9 Å². The number of amides is 2. The average Bonchev–Trinajstić information content (AvgIpc) is 2.73. The molecule has 7 nitrogen and oxygen atoms in total. The van der Waals surface area contributed by atoms with E-state index in [1.807, 2.05) is 26.8 Å². The van der Waals surface area contributed by atoms with Crippen LogP contribution in [0.4, 0.5) is 5.69 Å². The molecule has 0 radical (unpaired) electrons. The van der Waals surface area contributed by atoms with E-state index < -0.39 is 30.4 Å². The summed E-state index contributed by atoms with van der Waals surface area (Å²) in [5, 5.41) is 5.75. The monoisotopic (exact) mass is 460 g/mol. The number of anilines is 1. The lowest BCUT2D eigenvalue weighted by Crippen LogP contribution is -2.45. The van der Waals surface area contributed by atoms with E-state index in [9.17, 15) is 14.4 Å². The molecule has 0 aliphatic rings. The third-order valence-electron chi connectivity index (χ3n) is 4.68. The molecule has 2 rings (SSSR count). The molecule has 0 bridgehead atoms. The Bertz CT molecular complexity index is 950. The van der Waals surface area contributed by atoms with Gasteiger partial charge in [-0.15, -0.1) is 0 Å². The summed E-state index contributed by atoms with van der Waals surface area (Å²) in [6.07, 6.45) is 0. The first-order valence-electron chi connectivity index (χ1n) is 10.4. The van der Waals surface area contributed by atoms with Crippen molar-refractivity contribution in [2.45, 2.75) is 40.7 Å². The summed E-state index contributed by atoms with van der Waals surface area (Å²) in [6, 6.07) is 9.31. The van der Waals surface area contributed by atoms with Gasteiger partial charge < -0.3 is 20.1 Å². The Labute approximate surface area is 193 Å². The molecule has 0 aliphatic carbocycles. The van der Waals surface area contributed by atoms with Crippen LogP contribution in [0.1, 0.15) is 42.3 Å². The minimum absolute atomic E-state index is 0.244. The van der Waals surface area contributed by atoms with Crippen LogP contribution in [0.25, 0.3) is 0 Å². The van der Waals surface area contributed by atoms with Crippen molar-refractivity contribution in [1.29, 1.82) is 0 Å².